The van der Waals surface area contributed by atoms with Crippen molar-refractivity contribution in [3.8, 4) is 0 Å². The van der Waals surface area contributed by atoms with E-state index in [1.54, 1.807) is 20.3 Å². The first kappa shape index (κ1) is 46.4. The molecule has 5 heterocycles. The third-order valence-electron chi connectivity index (χ3n) is 11.4. The van der Waals surface area contributed by atoms with Crippen LogP contribution in [-0.4, -0.2) is 102 Å². The Kier molecular flexibility index (Phi) is 14.5. The van der Waals surface area contributed by atoms with Gasteiger partial charge in [-0.2, -0.15) is 0 Å². The number of hydrogen-bond acceptors (Lipinski definition) is 10. The molecular weight excluding hydrogens is 805 g/mol. The van der Waals surface area contributed by atoms with Gasteiger partial charge in [-0.3, -0.25) is 19.2 Å². The number of nitrogens with one attached hydrogen (secondary N) is 4. The highest BCUT2D eigenvalue weighted by molar-refractivity contribution is 5.97. The van der Waals surface area contributed by atoms with Gasteiger partial charge in [-0.15, -0.1) is 0 Å². The van der Waals surface area contributed by atoms with E-state index in [0.29, 0.717) is 45.1 Å². The number of aromatic amines is 2. The second-order valence-corrected chi connectivity index (χ2v) is 15.4. The fourth-order valence-electron chi connectivity index (χ4n) is 7.82. The zero-order valence-corrected chi connectivity index (χ0v) is 35.8. The molecule has 8 N–H and O–H groups in total. The summed E-state index contributed by atoms with van der Waals surface area (Å²) in [6.45, 7) is 11.6. The Morgan fingerprint density at radius 2 is 0.952 bits per heavy atom. The van der Waals surface area contributed by atoms with Crippen molar-refractivity contribution >= 4 is 80.1 Å². The van der Waals surface area contributed by atoms with Crippen molar-refractivity contribution in [3.05, 3.63) is 69.3 Å². The standard InChI is InChI=1S/C44H52N6O12/c1-19-25(9-11-37(51)49-35(43(57)58)17-39(53)54)31-16-32-26(10-12-38(52)50-36(44(59)60)18-40(55)56)20(2)28(46-32)14-33-42(24(6)62-8)22(4)30(48-33)15-34-41(23(5)61-7)21(3)29(47-34)13-27(19)45-31/h13-16,23-24,35-36,47-48H,9-12,17-18H2,1-8H3,(H,49,51)(H,50,52)(H,53,54)(H,55,56)(H,57,58)(H,59,60). The highest BCUT2D eigenvalue weighted by Gasteiger charge is 2.28. The minimum atomic E-state index is -1.63. The number of allylic oxidation sites excluding steroid dienone is 4. The molecule has 0 radical (unpaired) electrons. The van der Waals surface area contributed by atoms with Crippen molar-refractivity contribution in [2.45, 2.75) is 104 Å². The molecule has 2 amide bonds. The number of carbonyl (C=O) groups excluding carboxylic acids is 2. The Morgan fingerprint density at radius 3 is 1.32 bits per heavy atom. The number of aromatic nitrogens is 4. The van der Waals surface area contributed by atoms with Crippen LogP contribution in [0.25, 0.3) is 44.4 Å². The topological polar surface area (TPSA) is 283 Å². The Morgan fingerprint density at radius 1 is 0.581 bits per heavy atom. The van der Waals surface area contributed by atoms with Crippen molar-refractivity contribution in [2.75, 3.05) is 14.2 Å². The summed E-state index contributed by atoms with van der Waals surface area (Å²) in [4.78, 5) is 89.4. The lowest BCUT2D eigenvalue weighted by molar-refractivity contribution is -0.147. The number of carboxylic acids is 4. The normalized spacial score (nSPS) is 14.6. The van der Waals surface area contributed by atoms with Crippen LogP contribution >= 0.6 is 0 Å². The molecule has 2 aliphatic heterocycles. The van der Waals surface area contributed by atoms with Crippen molar-refractivity contribution in [3.63, 3.8) is 0 Å². The van der Waals surface area contributed by atoms with Gasteiger partial charge in [0.1, 0.15) is 12.1 Å². The molecule has 18 nitrogen and oxygen atoms in total. The molecule has 62 heavy (non-hydrogen) atoms. The van der Waals surface area contributed by atoms with E-state index in [9.17, 15) is 49.2 Å². The summed E-state index contributed by atoms with van der Waals surface area (Å²) in [5.74, 6) is -7.09. The lowest BCUT2D eigenvalue weighted by atomic mass is 9.97. The maximum absolute atomic E-state index is 13.1. The van der Waals surface area contributed by atoms with E-state index in [4.69, 9.17) is 19.4 Å². The molecule has 0 fully saturated rings. The minimum Gasteiger partial charge on any atom is -0.481 e. The summed E-state index contributed by atoms with van der Waals surface area (Å²) in [5, 5.41) is 42.0. The number of aliphatic carboxylic acids is 4. The Labute approximate surface area is 356 Å². The first-order valence-electron chi connectivity index (χ1n) is 19.9. The molecule has 8 bridgehead atoms. The molecule has 3 aromatic rings. The van der Waals surface area contributed by atoms with Crippen LogP contribution in [0.5, 0.6) is 0 Å². The number of carboxylic acid groups (broad SMARTS) is 4. The number of nitrogens with zero attached hydrogens (tertiary/aromatic N) is 2. The second kappa shape index (κ2) is 19.4. The number of ether oxygens (including phenoxy) is 2. The van der Waals surface area contributed by atoms with E-state index in [1.807, 2.05) is 59.7 Å². The molecule has 5 rings (SSSR count). The molecule has 0 aliphatic carbocycles. The third-order valence-corrected chi connectivity index (χ3v) is 11.4. The average Bonchev–Trinajstić information content (AvgIpc) is 3.87. The van der Waals surface area contributed by atoms with Gasteiger partial charge in [0.25, 0.3) is 0 Å². The zero-order valence-electron chi connectivity index (χ0n) is 35.8. The average molecular weight is 857 g/mol. The minimum absolute atomic E-state index is 0.0784. The number of aryl methyl sites for hydroxylation is 2. The van der Waals surface area contributed by atoms with Crippen molar-refractivity contribution < 1.29 is 58.7 Å². The number of amides is 2. The van der Waals surface area contributed by atoms with Gasteiger partial charge < -0.3 is 50.5 Å². The van der Waals surface area contributed by atoms with Gasteiger partial charge in [-0.25, -0.2) is 19.6 Å². The molecule has 0 saturated heterocycles. The number of methoxy groups -OCH3 is 2. The van der Waals surface area contributed by atoms with Crippen LogP contribution < -0.4 is 10.6 Å². The molecule has 4 unspecified atom stereocenters. The maximum Gasteiger partial charge on any atom is 0.326 e. The fraction of sp³-hybridized carbons (Fsp3) is 0.409. The summed E-state index contributed by atoms with van der Waals surface area (Å²) >= 11 is 0. The highest BCUT2D eigenvalue weighted by Crippen LogP contribution is 2.39. The molecule has 2 aliphatic rings. The van der Waals surface area contributed by atoms with Gasteiger partial charge in [0.05, 0.1) is 47.8 Å². The highest BCUT2D eigenvalue weighted by atomic mass is 16.5. The first-order chi connectivity index (χ1) is 29.2. The van der Waals surface area contributed by atoms with Gasteiger partial charge in [0, 0.05) is 60.3 Å². The van der Waals surface area contributed by atoms with Crippen LogP contribution in [-0.2, 0) is 38.2 Å². The fourth-order valence-corrected chi connectivity index (χ4v) is 7.82. The molecule has 0 spiro atoms. The van der Waals surface area contributed by atoms with E-state index in [1.165, 1.54) is 0 Å². The third kappa shape index (κ3) is 10.3. The monoisotopic (exact) mass is 856 g/mol. The SMILES string of the molecule is COC(C)c1c(C)c2cc3[nH]c(cc4nc(cc5nc(cc1[nH]2)C(C)=C5CCC(=O)NC(CC(=O)O)C(=O)O)C(CCC(=O)NC(CC(=O)O)C(=O)O)=C4C)c(C)c3C(C)OC. The van der Waals surface area contributed by atoms with E-state index < -0.39 is 60.6 Å². The predicted molar refractivity (Wildman–Crippen MR) is 228 cm³/mol. The molecular formula is C44H52N6O12. The van der Waals surface area contributed by atoms with Crippen LogP contribution in [0.3, 0.4) is 0 Å². The Hall–Kier alpha value is -6.66. The molecule has 330 valence electrons. The van der Waals surface area contributed by atoms with E-state index >= 15 is 0 Å². The van der Waals surface area contributed by atoms with Crippen LogP contribution in [0.1, 0.15) is 123 Å². The van der Waals surface area contributed by atoms with Crippen molar-refractivity contribution in [1.29, 1.82) is 0 Å². The van der Waals surface area contributed by atoms with Gasteiger partial charge in [-0.1, -0.05) is 0 Å². The second-order valence-electron chi connectivity index (χ2n) is 15.4. The van der Waals surface area contributed by atoms with Crippen LogP contribution in [0, 0.1) is 13.8 Å². The predicted octanol–water partition coefficient (Wildman–Crippen LogP) is 5.86. The molecule has 18 heteroatoms. The van der Waals surface area contributed by atoms with Crippen molar-refractivity contribution in [1.82, 2.24) is 30.6 Å². The number of rotatable bonds is 18. The maximum atomic E-state index is 13.1. The Bertz CT molecular complexity index is 2570. The van der Waals surface area contributed by atoms with E-state index in [0.717, 1.165) is 44.3 Å². The van der Waals surface area contributed by atoms with Crippen LogP contribution in [0.4, 0.5) is 0 Å². The largest absolute Gasteiger partial charge is 0.481 e. The number of H-pyrrole nitrogens is 2. The van der Waals surface area contributed by atoms with Crippen LogP contribution in [0.2, 0.25) is 0 Å². The number of carbonyl (C=O) groups is 6. The van der Waals surface area contributed by atoms with Crippen LogP contribution in [0.15, 0.2) is 24.3 Å². The summed E-state index contributed by atoms with van der Waals surface area (Å²) in [5.41, 5.74) is 11.4. The lowest BCUT2D eigenvalue weighted by Crippen LogP contribution is -2.42. The molecule has 0 saturated carbocycles. The lowest BCUT2D eigenvalue weighted by Gasteiger charge is -2.13. The number of fused-ring (bicyclic) bond motifs is 8. The van der Waals surface area contributed by atoms with Gasteiger partial charge >= 0.3 is 23.9 Å². The molecule has 3 aromatic heterocycles. The zero-order chi connectivity index (χ0) is 45.7. The summed E-state index contributed by atoms with van der Waals surface area (Å²) in [7, 11) is 3.25. The summed E-state index contributed by atoms with van der Waals surface area (Å²) in [6, 6.07) is 4.27. The molecule has 4 atom stereocenters. The molecule has 0 aromatic carbocycles. The Balaban J connectivity index is 1.76. The quantitative estimate of drug-likeness (QED) is 0.0745. The van der Waals surface area contributed by atoms with Gasteiger partial charge in [-0.05, 0) is 112 Å². The number of hydrogen-bond donors (Lipinski definition) is 8. The summed E-state index contributed by atoms with van der Waals surface area (Å²) in [6.07, 6.45) is -2.50. The van der Waals surface area contributed by atoms with E-state index in [-0.39, 0.29) is 37.9 Å². The van der Waals surface area contributed by atoms with Gasteiger partial charge in [0.2, 0.25) is 11.8 Å². The first-order valence-corrected chi connectivity index (χ1v) is 19.9. The smallest absolute Gasteiger partial charge is 0.326 e. The van der Waals surface area contributed by atoms with Crippen molar-refractivity contribution in [2.24, 2.45) is 0 Å². The summed E-state index contributed by atoms with van der Waals surface area (Å²) < 4.78 is 11.6. The van der Waals surface area contributed by atoms with E-state index in [2.05, 4.69) is 20.6 Å². The van der Waals surface area contributed by atoms with Gasteiger partial charge in [0.15, 0.2) is 0 Å².